The van der Waals surface area contributed by atoms with E-state index in [-0.39, 0.29) is 11.2 Å². The molecule has 0 atom stereocenters. The van der Waals surface area contributed by atoms with Gasteiger partial charge in [-0.3, -0.25) is 0 Å². The molecule has 0 bridgehead atoms. The van der Waals surface area contributed by atoms with Crippen molar-refractivity contribution in [3.63, 3.8) is 0 Å². The molecule has 3 aromatic rings. The van der Waals surface area contributed by atoms with Crippen molar-refractivity contribution in [2.45, 2.75) is 32.7 Å². The quantitative estimate of drug-likeness (QED) is 0.799. The van der Waals surface area contributed by atoms with Crippen LogP contribution in [0, 0.1) is 5.82 Å². The van der Waals surface area contributed by atoms with Gasteiger partial charge in [0.2, 0.25) is 5.89 Å². The molecule has 3 rings (SSSR count). The van der Waals surface area contributed by atoms with Crippen LogP contribution in [0.1, 0.15) is 32.4 Å². The molecule has 1 N–H and O–H groups in total. The lowest BCUT2D eigenvalue weighted by Gasteiger charge is -2.13. The molecule has 0 aliphatic rings. The average Bonchev–Trinajstić information content (AvgIpc) is 2.94. The van der Waals surface area contributed by atoms with E-state index in [2.05, 4.69) is 41.0 Å². The molecule has 0 aliphatic carbocycles. The zero-order valence-corrected chi connectivity index (χ0v) is 12.7. The van der Waals surface area contributed by atoms with Gasteiger partial charge in [0.25, 0.3) is 0 Å². The van der Waals surface area contributed by atoms with Crippen molar-refractivity contribution in [1.82, 2.24) is 15.0 Å². The summed E-state index contributed by atoms with van der Waals surface area (Å²) in [6, 6.07) is 4.41. The summed E-state index contributed by atoms with van der Waals surface area (Å²) in [5.74, 6) is 1.62. The molecule has 22 heavy (non-hydrogen) atoms. The van der Waals surface area contributed by atoms with Gasteiger partial charge in [-0.2, -0.15) is 0 Å². The second-order valence-electron chi connectivity index (χ2n) is 6.11. The van der Waals surface area contributed by atoms with E-state index in [4.69, 9.17) is 4.42 Å². The van der Waals surface area contributed by atoms with Crippen LogP contribution in [0.25, 0.3) is 10.9 Å². The van der Waals surface area contributed by atoms with Crippen LogP contribution < -0.4 is 5.32 Å². The molecule has 0 aliphatic heterocycles. The predicted octanol–water partition coefficient (Wildman–Crippen LogP) is 3.67. The van der Waals surface area contributed by atoms with Gasteiger partial charge in [-0.05, 0) is 18.2 Å². The van der Waals surface area contributed by atoms with Gasteiger partial charge in [0.1, 0.15) is 23.7 Å². The number of hydrogen-bond donors (Lipinski definition) is 1. The van der Waals surface area contributed by atoms with Gasteiger partial charge in [0, 0.05) is 10.8 Å². The second kappa shape index (κ2) is 5.36. The number of nitrogens with one attached hydrogen (secondary N) is 1. The van der Waals surface area contributed by atoms with E-state index >= 15 is 0 Å². The Bertz CT molecular complexity index is 807. The topological polar surface area (TPSA) is 63.8 Å². The van der Waals surface area contributed by atoms with Crippen molar-refractivity contribution in [1.29, 1.82) is 0 Å². The SMILES string of the molecule is CC(C)(C)c1cnc(CNc2ncnc3ccc(F)cc23)o1. The smallest absolute Gasteiger partial charge is 0.213 e. The Morgan fingerprint density at radius 2 is 2.00 bits per heavy atom. The van der Waals surface area contributed by atoms with E-state index < -0.39 is 0 Å². The highest BCUT2D eigenvalue weighted by Gasteiger charge is 2.19. The van der Waals surface area contributed by atoms with E-state index in [1.807, 2.05) is 0 Å². The van der Waals surface area contributed by atoms with Crippen LogP contribution in [0.4, 0.5) is 10.2 Å². The third-order valence-corrected chi connectivity index (χ3v) is 3.30. The van der Waals surface area contributed by atoms with Crippen molar-refractivity contribution >= 4 is 16.7 Å². The summed E-state index contributed by atoms with van der Waals surface area (Å²) in [5, 5.41) is 3.75. The fraction of sp³-hybridized carbons (Fsp3) is 0.312. The summed E-state index contributed by atoms with van der Waals surface area (Å²) >= 11 is 0. The van der Waals surface area contributed by atoms with Gasteiger partial charge in [0.05, 0.1) is 18.3 Å². The molecule has 0 saturated heterocycles. The number of aromatic nitrogens is 3. The molecule has 0 fully saturated rings. The third kappa shape index (κ3) is 2.90. The number of nitrogens with zero attached hydrogens (tertiary/aromatic N) is 3. The summed E-state index contributed by atoms with van der Waals surface area (Å²) in [5.41, 5.74) is 0.595. The molecule has 2 aromatic heterocycles. The van der Waals surface area contributed by atoms with E-state index in [1.54, 1.807) is 12.3 Å². The van der Waals surface area contributed by atoms with Gasteiger partial charge >= 0.3 is 0 Å². The van der Waals surface area contributed by atoms with Crippen LogP contribution in [0.15, 0.2) is 35.1 Å². The molecule has 0 saturated carbocycles. The summed E-state index contributed by atoms with van der Waals surface area (Å²) in [6.45, 7) is 6.56. The van der Waals surface area contributed by atoms with Crippen LogP contribution in [0.3, 0.4) is 0 Å². The number of anilines is 1. The normalized spacial score (nSPS) is 11.8. The zero-order chi connectivity index (χ0) is 15.7. The zero-order valence-electron chi connectivity index (χ0n) is 12.7. The van der Waals surface area contributed by atoms with Gasteiger partial charge in [-0.15, -0.1) is 0 Å². The van der Waals surface area contributed by atoms with Crippen LogP contribution in [0.5, 0.6) is 0 Å². The Morgan fingerprint density at radius 3 is 2.73 bits per heavy atom. The van der Waals surface area contributed by atoms with E-state index in [9.17, 15) is 4.39 Å². The maximum Gasteiger partial charge on any atom is 0.213 e. The third-order valence-electron chi connectivity index (χ3n) is 3.30. The predicted molar refractivity (Wildman–Crippen MR) is 82.0 cm³/mol. The van der Waals surface area contributed by atoms with Gasteiger partial charge < -0.3 is 9.73 Å². The molecule has 0 amide bonds. The van der Waals surface area contributed by atoms with Gasteiger partial charge in [-0.1, -0.05) is 20.8 Å². The van der Waals surface area contributed by atoms with E-state index in [0.717, 1.165) is 5.76 Å². The molecular weight excluding hydrogens is 283 g/mol. The van der Waals surface area contributed by atoms with E-state index in [0.29, 0.717) is 29.2 Å². The van der Waals surface area contributed by atoms with Crippen molar-refractivity contribution in [2.75, 3.05) is 5.32 Å². The Hall–Kier alpha value is -2.50. The van der Waals surface area contributed by atoms with Gasteiger partial charge in [0.15, 0.2) is 0 Å². The maximum atomic E-state index is 13.4. The Labute approximate surface area is 127 Å². The number of hydrogen-bond acceptors (Lipinski definition) is 5. The average molecular weight is 300 g/mol. The standard InChI is InChI=1S/C16H17FN4O/c1-16(2,3)13-7-18-14(22-13)8-19-15-11-6-10(17)4-5-12(11)20-9-21-15/h4-7,9H,8H2,1-3H3,(H,19,20,21). The minimum absolute atomic E-state index is 0.0873. The lowest BCUT2D eigenvalue weighted by molar-refractivity contribution is 0.385. The fourth-order valence-electron chi connectivity index (χ4n) is 2.07. The lowest BCUT2D eigenvalue weighted by Crippen LogP contribution is -2.09. The van der Waals surface area contributed by atoms with Crippen LogP contribution in [-0.4, -0.2) is 15.0 Å². The monoisotopic (exact) mass is 300 g/mol. The summed E-state index contributed by atoms with van der Waals surface area (Å²) in [6.07, 6.45) is 3.17. The molecule has 2 heterocycles. The first-order valence-corrected chi connectivity index (χ1v) is 7.03. The van der Waals surface area contributed by atoms with Crippen LogP contribution in [0.2, 0.25) is 0 Å². The first-order chi connectivity index (χ1) is 10.4. The van der Waals surface area contributed by atoms with Crippen molar-refractivity contribution in [3.05, 3.63) is 48.2 Å². The number of benzene rings is 1. The molecule has 0 radical (unpaired) electrons. The Kier molecular flexibility index (Phi) is 3.52. The first kappa shape index (κ1) is 14.4. The molecular formula is C16H17FN4O. The highest BCUT2D eigenvalue weighted by atomic mass is 19.1. The minimum atomic E-state index is -0.323. The molecule has 6 heteroatoms. The Morgan fingerprint density at radius 1 is 1.18 bits per heavy atom. The van der Waals surface area contributed by atoms with Crippen molar-refractivity contribution < 1.29 is 8.81 Å². The number of halogens is 1. The van der Waals surface area contributed by atoms with E-state index in [1.165, 1.54) is 18.5 Å². The lowest BCUT2D eigenvalue weighted by atomic mass is 9.94. The molecule has 0 unspecified atom stereocenters. The maximum absolute atomic E-state index is 13.4. The highest BCUT2D eigenvalue weighted by molar-refractivity contribution is 5.88. The molecule has 5 nitrogen and oxygen atoms in total. The summed E-state index contributed by atoms with van der Waals surface area (Å²) in [4.78, 5) is 12.5. The van der Waals surface area contributed by atoms with Crippen LogP contribution in [-0.2, 0) is 12.0 Å². The molecule has 0 spiro atoms. The molecule has 114 valence electrons. The Balaban J connectivity index is 1.82. The minimum Gasteiger partial charge on any atom is -0.443 e. The number of rotatable bonds is 3. The molecule has 1 aromatic carbocycles. The summed E-state index contributed by atoms with van der Waals surface area (Å²) in [7, 11) is 0. The number of fused-ring (bicyclic) bond motifs is 1. The largest absolute Gasteiger partial charge is 0.443 e. The first-order valence-electron chi connectivity index (χ1n) is 7.03. The highest BCUT2D eigenvalue weighted by Crippen LogP contribution is 2.24. The summed E-state index contributed by atoms with van der Waals surface area (Å²) < 4.78 is 19.1. The van der Waals surface area contributed by atoms with Crippen molar-refractivity contribution in [3.8, 4) is 0 Å². The fourth-order valence-corrected chi connectivity index (χ4v) is 2.07. The van der Waals surface area contributed by atoms with Crippen molar-refractivity contribution in [2.24, 2.45) is 0 Å². The number of oxazole rings is 1. The van der Waals surface area contributed by atoms with Gasteiger partial charge in [-0.25, -0.2) is 19.3 Å². The van der Waals surface area contributed by atoms with Crippen LogP contribution >= 0.6 is 0 Å². The second-order valence-corrected chi connectivity index (χ2v) is 6.11.